The van der Waals surface area contributed by atoms with Gasteiger partial charge in [0.1, 0.15) is 11.1 Å². The first-order valence-corrected chi connectivity index (χ1v) is 10.4. The van der Waals surface area contributed by atoms with Crippen molar-refractivity contribution >= 4 is 55.7 Å². The summed E-state index contributed by atoms with van der Waals surface area (Å²) in [6, 6.07) is 13.9. The number of thiocarbonyl (C=S) groups is 1. The molecule has 1 aromatic heterocycles. The number of aromatic nitrogens is 1. The van der Waals surface area contributed by atoms with E-state index in [1.165, 1.54) is 0 Å². The predicted octanol–water partition coefficient (Wildman–Crippen LogP) is 1.53. The van der Waals surface area contributed by atoms with Gasteiger partial charge in [-0.15, -0.1) is 0 Å². The fraction of sp³-hybridized carbons (Fsp3) is 0.0588. The molecule has 0 radical (unpaired) electrons. The van der Waals surface area contributed by atoms with Crippen LogP contribution in [0.2, 0.25) is 5.02 Å². The molecule has 2 aromatic carbocycles. The van der Waals surface area contributed by atoms with Crippen LogP contribution in [0.5, 0.6) is 0 Å². The highest BCUT2D eigenvalue weighted by atomic mass is 35.5. The Kier molecular flexibility index (Phi) is 4.60. The van der Waals surface area contributed by atoms with E-state index in [1.807, 2.05) is 6.07 Å². The lowest BCUT2D eigenvalue weighted by atomic mass is 10.1. The van der Waals surface area contributed by atoms with Gasteiger partial charge in [0.25, 0.3) is 0 Å². The number of hydrogen-bond donors (Lipinski definition) is 4. The molecule has 11 heteroatoms. The highest BCUT2D eigenvalue weighted by molar-refractivity contribution is 7.89. The summed E-state index contributed by atoms with van der Waals surface area (Å²) in [6.45, 7) is 0. The van der Waals surface area contributed by atoms with Gasteiger partial charge >= 0.3 is 0 Å². The lowest BCUT2D eigenvalue weighted by Crippen LogP contribution is -2.56. The molecular formula is C17H15ClN6O2S2. The van der Waals surface area contributed by atoms with Crippen LogP contribution in [-0.2, 0) is 10.0 Å². The second kappa shape index (κ2) is 6.83. The number of fused-ring (bicyclic) bond motifs is 1. The van der Waals surface area contributed by atoms with Crippen LogP contribution >= 0.6 is 23.8 Å². The number of primary sulfonamides is 1. The van der Waals surface area contributed by atoms with Gasteiger partial charge in [-0.1, -0.05) is 41.9 Å². The molecule has 1 unspecified atom stereocenters. The number of benzene rings is 2. The van der Waals surface area contributed by atoms with Crippen LogP contribution in [0.1, 0.15) is 0 Å². The van der Waals surface area contributed by atoms with Crippen molar-refractivity contribution in [2.24, 2.45) is 16.0 Å². The largest absolute Gasteiger partial charge is 0.339 e. The van der Waals surface area contributed by atoms with Crippen molar-refractivity contribution < 1.29 is 8.42 Å². The highest BCUT2D eigenvalue weighted by Crippen LogP contribution is 2.38. The lowest BCUT2D eigenvalue weighted by Gasteiger charge is -2.25. The van der Waals surface area contributed by atoms with Gasteiger partial charge in [-0.3, -0.25) is 9.99 Å². The summed E-state index contributed by atoms with van der Waals surface area (Å²) < 4.78 is 26.8. The van der Waals surface area contributed by atoms with Crippen molar-refractivity contribution in [3.05, 3.63) is 53.6 Å². The monoisotopic (exact) mass is 434 g/mol. The molecule has 6 N–H and O–H groups in total. The fourth-order valence-corrected chi connectivity index (χ4v) is 4.51. The van der Waals surface area contributed by atoms with E-state index in [2.05, 4.69) is 15.8 Å². The van der Waals surface area contributed by atoms with Gasteiger partial charge in [-0.25, -0.2) is 13.6 Å². The smallest absolute Gasteiger partial charge is 0.240 e. The van der Waals surface area contributed by atoms with Gasteiger partial charge in [0.15, 0.2) is 10.9 Å². The van der Waals surface area contributed by atoms with E-state index < -0.39 is 16.2 Å². The van der Waals surface area contributed by atoms with Gasteiger partial charge in [0.2, 0.25) is 10.0 Å². The first kappa shape index (κ1) is 18.8. The molecule has 2 heterocycles. The Morgan fingerprint density at radius 1 is 1.18 bits per heavy atom. The quantitative estimate of drug-likeness (QED) is 0.453. The van der Waals surface area contributed by atoms with Crippen LogP contribution in [-0.4, -0.2) is 30.1 Å². The van der Waals surface area contributed by atoms with Crippen molar-refractivity contribution in [1.82, 2.24) is 15.3 Å². The van der Waals surface area contributed by atoms with Gasteiger partial charge in [-0.2, -0.15) is 5.10 Å². The number of nitrogens with zero attached hydrogens (tertiary/aromatic N) is 2. The molecule has 8 nitrogen and oxygen atoms in total. The van der Waals surface area contributed by atoms with Crippen molar-refractivity contribution in [2.45, 2.75) is 11.1 Å². The normalized spacial score (nSPS) is 17.2. The Morgan fingerprint density at radius 3 is 2.54 bits per heavy atom. The van der Waals surface area contributed by atoms with Gasteiger partial charge in [0, 0.05) is 10.4 Å². The number of nitrogens with two attached hydrogens (primary N) is 2. The minimum atomic E-state index is -4.11. The summed E-state index contributed by atoms with van der Waals surface area (Å²) in [6.07, 6.45) is -0.768. The SMILES string of the molecule is NC1NC(=S)NN=C1n1c(-c2ccccc2)c(S(N)(=O)=O)c2cc(Cl)ccc21. The maximum absolute atomic E-state index is 12.6. The molecule has 0 saturated carbocycles. The third-order valence-electron chi connectivity index (χ3n) is 4.28. The van der Waals surface area contributed by atoms with E-state index in [0.29, 0.717) is 33.0 Å². The Labute approximate surface area is 171 Å². The Bertz CT molecular complexity index is 1240. The van der Waals surface area contributed by atoms with Crippen LogP contribution in [0.3, 0.4) is 0 Å². The second-order valence-corrected chi connectivity index (χ2v) is 8.46. The number of sulfonamides is 1. The number of hydrogen-bond acceptors (Lipinski definition) is 5. The predicted molar refractivity (Wildman–Crippen MR) is 113 cm³/mol. The summed E-state index contributed by atoms with van der Waals surface area (Å²) in [5.41, 5.74) is 10.4. The van der Waals surface area contributed by atoms with Crippen LogP contribution in [0.25, 0.3) is 22.2 Å². The number of nitrogens with one attached hydrogen (secondary N) is 2. The zero-order valence-electron chi connectivity index (χ0n) is 14.3. The zero-order valence-corrected chi connectivity index (χ0v) is 16.6. The summed E-state index contributed by atoms with van der Waals surface area (Å²) >= 11 is 11.2. The van der Waals surface area contributed by atoms with Crippen LogP contribution in [0.4, 0.5) is 0 Å². The van der Waals surface area contributed by atoms with Crippen LogP contribution < -0.4 is 21.6 Å². The molecule has 4 rings (SSSR count). The fourth-order valence-electron chi connectivity index (χ4n) is 3.22. The Balaban J connectivity index is 2.19. The molecule has 0 amide bonds. The molecule has 0 fully saturated rings. The Morgan fingerprint density at radius 2 is 1.89 bits per heavy atom. The second-order valence-electron chi connectivity index (χ2n) is 6.12. The minimum Gasteiger partial charge on any atom is -0.339 e. The van der Waals surface area contributed by atoms with Gasteiger partial charge < -0.3 is 11.1 Å². The third-order valence-corrected chi connectivity index (χ3v) is 5.71. The maximum Gasteiger partial charge on any atom is 0.240 e. The maximum atomic E-state index is 12.6. The van der Waals surface area contributed by atoms with Gasteiger partial charge in [-0.05, 0) is 36.0 Å². The highest BCUT2D eigenvalue weighted by Gasteiger charge is 2.31. The first-order chi connectivity index (χ1) is 13.3. The molecule has 0 bridgehead atoms. The van der Waals surface area contributed by atoms with Crippen LogP contribution in [0, 0.1) is 0 Å². The summed E-state index contributed by atoms with van der Waals surface area (Å²) in [4.78, 5) is -0.0562. The molecule has 1 atom stereocenters. The van der Waals surface area contributed by atoms with E-state index in [9.17, 15) is 8.42 Å². The number of rotatable bonds is 2. The zero-order chi connectivity index (χ0) is 20.1. The average Bonchev–Trinajstić information content (AvgIpc) is 2.97. The minimum absolute atomic E-state index is 0.0562. The van der Waals surface area contributed by atoms with E-state index in [1.54, 1.807) is 47.0 Å². The summed E-state index contributed by atoms with van der Waals surface area (Å²) in [7, 11) is -4.11. The van der Waals surface area contributed by atoms with Crippen molar-refractivity contribution in [3.63, 3.8) is 0 Å². The summed E-state index contributed by atoms with van der Waals surface area (Å²) in [5.74, 6) is 0.328. The van der Waals surface area contributed by atoms with E-state index in [0.717, 1.165) is 0 Å². The van der Waals surface area contributed by atoms with E-state index in [4.69, 9.17) is 34.7 Å². The van der Waals surface area contributed by atoms with E-state index >= 15 is 0 Å². The lowest BCUT2D eigenvalue weighted by molar-refractivity contribution is 0.598. The molecule has 144 valence electrons. The van der Waals surface area contributed by atoms with Crippen molar-refractivity contribution in [1.29, 1.82) is 0 Å². The average molecular weight is 435 g/mol. The first-order valence-electron chi connectivity index (χ1n) is 8.09. The van der Waals surface area contributed by atoms with Crippen LogP contribution in [0.15, 0.2) is 58.5 Å². The number of hydrazone groups is 1. The standard InChI is InChI=1S/C17H15ClN6O2S2/c18-10-6-7-12-11(8-10)14(28(20,25)26)13(9-4-2-1-3-5-9)24(12)16-15(19)21-17(27)23-22-16/h1-8,15H,19H2,(H2,20,25,26)(H2,21,23,27). The molecule has 1 aliphatic heterocycles. The van der Waals surface area contributed by atoms with E-state index in [-0.39, 0.29) is 10.0 Å². The molecule has 3 aromatic rings. The topological polar surface area (TPSA) is 128 Å². The molecule has 0 aliphatic carbocycles. The van der Waals surface area contributed by atoms with Crippen molar-refractivity contribution in [3.8, 4) is 11.3 Å². The third kappa shape index (κ3) is 3.15. The molecule has 0 spiro atoms. The molecule has 0 saturated heterocycles. The molecular weight excluding hydrogens is 420 g/mol. The van der Waals surface area contributed by atoms with Gasteiger partial charge in [0.05, 0.1) is 11.2 Å². The molecule has 28 heavy (non-hydrogen) atoms. The Hall–Kier alpha value is -2.50. The number of halogens is 1. The van der Waals surface area contributed by atoms with Crippen molar-refractivity contribution in [2.75, 3.05) is 0 Å². The molecule has 1 aliphatic rings. The summed E-state index contributed by atoms with van der Waals surface area (Å²) in [5, 5.41) is 13.7.